The maximum Gasteiger partial charge on any atom is 0.271 e. The van der Waals surface area contributed by atoms with Crippen LogP contribution in [0.25, 0.3) is 4.96 Å². The van der Waals surface area contributed by atoms with Crippen molar-refractivity contribution in [1.82, 2.24) is 14.7 Å². The number of aromatic nitrogens is 2. The zero-order valence-corrected chi connectivity index (χ0v) is 12.5. The third kappa shape index (κ3) is 2.53. The van der Waals surface area contributed by atoms with E-state index in [0.29, 0.717) is 10.7 Å². The average molecular weight is 319 g/mol. The molecular formula is C14H13N3O4S. The Morgan fingerprint density at radius 3 is 3.14 bits per heavy atom. The number of aliphatic hydroxyl groups is 1. The predicted octanol–water partition coefficient (Wildman–Crippen LogP) is 1.12. The number of amides is 1. The lowest BCUT2D eigenvalue weighted by Crippen LogP contribution is -2.34. The van der Waals surface area contributed by atoms with E-state index in [0.717, 1.165) is 5.69 Å². The molecule has 1 atom stereocenters. The maximum atomic E-state index is 12.3. The summed E-state index contributed by atoms with van der Waals surface area (Å²) in [6.07, 6.45) is 1.72. The van der Waals surface area contributed by atoms with Gasteiger partial charge in [0.1, 0.15) is 17.4 Å². The number of thiazole rings is 1. The van der Waals surface area contributed by atoms with E-state index in [1.54, 1.807) is 24.4 Å². The van der Waals surface area contributed by atoms with Crippen molar-refractivity contribution < 1.29 is 14.3 Å². The quantitative estimate of drug-likeness (QED) is 0.751. The fourth-order valence-corrected chi connectivity index (χ4v) is 2.87. The molecule has 0 aromatic carbocycles. The van der Waals surface area contributed by atoms with Gasteiger partial charge in [-0.15, -0.1) is 11.3 Å². The minimum atomic E-state index is -0.971. The highest BCUT2D eigenvalue weighted by Crippen LogP contribution is 2.13. The lowest BCUT2D eigenvalue weighted by molar-refractivity contribution is 0.0899. The summed E-state index contributed by atoms with van der Waals surface area (Å²) in [5.41, 5.74) is 0.238. The number of furan rings is 1. The molecule has 0 aliphatic carbocycles. The van der Waals surface area contributed by atoms with Gasteiger partial charge in [0.05, 0.1) is 12.8 Å². The fraction of sp³-hybridized carbons (Fsp3) is 0.214. The van der Waals surface area contributed by atoms with E-state index in [9.17, 15) is 14.7 Å². The molecule has 3 aromatic heterocycles. The highest BCUT2D eigenvalue weighted by atomic mass is 32.1. The van der Waals surface area contributed by atoms with E-state index < -0.39 is 17.6 Å². The van der Waals surface area contributed by atoms with Gasteiger partial charge in [0.2, 0.25) is 0 Å². The van der Waals surface area contributed by atoms with Gasteiger partial charge < -0.3 is 14.8 Å². The summed E-state index contributed by atoms with van der Waals surface area (Å²) in [4.78, 5) is 29.1. The molecule has 0 saturated carbocycles. The Kier molecular flexibility index (Phi) is 3.78. The molecule has 8 heteroatoms. The molecule has 0 aliphatic rings. The summed E-state index contributed by atoms with van der Waals surface area (Å²) in [5, 5.41) is 14.2. The first-order chi connectivity index (χ1) is 10.6. The van der Waals surface area contributed by atoms with Gasteiger partial charge in [0, 0.05) is 17.3 Å². The van der Waals surface area contributed by atoms with Gasteiger partial charge in [0.15, 0.2) is 4.96 Å². The summed E-state index contributed by atoms with van der Waals surface area (Å²) in [6, 6.07) is 3.25. The second-order valence-electron chi connectivity index (χ2n) is 4.71. The molecule has 1 unspecified atom stereocenters. The molecule has 3 heterocycles. The number of hydrogen-bond donors (Lipinski definition) is 2. The van der Waals surface area contributed by atoms with Gasteiger partial charge in [-0.2, -0.15) is 0 Å². The molecule has 3 rings (SSSR count). The molecule has 0 radical (unpaired) electrons. The van der Waals surface area contributed by atoms with Crippen molar-refractivity contribution >= 4 is 22.2 Å². The van der Waals surface area contributed by atoms with Crippen LogP contribution >= 0.6 is 11.3 Å². The minimum absolute atomic E-state index is 0.0584. The molecule has 3 aromatic rings. The van der Waals surface area contributed by atoms with Gasteiger partial charge in [0.25, 0.3) is 11.5 Å². The summed E-state index contributed by atoms with van der Waals surface area (Å²) >= 11 is 1.33. The van der Waals surface area contributed by atoms with Crippen molar-refractivity contribution in [3.63, 3.8) is 0 Å². The van der Waals surface area contributed by atoms with Crippen LogP contribution in [0.3, 0.4) is 0 Å². The van der Waals surface area contributed by atoms with Crippen LogP contribution in [0, 0.1) is 6.92 Å². The summed E-state index contributed by atoms with van der Waals surface area (Å²) in [7, 11) is 0. The molecule has 22 heavy (non-hydrogen) atoms. The van der Waals surface area contributed by atoms with E-state index in [2.05, 4.69) is 10.3 Å². The lowest BCUT2D eigenvalue weighted by Gasteiger charge is -2.09. The molecule has 0 fully saturated rings. The topological polar surface area (TPSA) is 96.8 Å². The average Bonchev–Trinajstić information content (AvgIpc) is 3.15. The first kappa shape index (κ1) is 14.5. The first-order valence-electron chi connectivity index (χ1n) is 6.53. The van der Waals surface area contributed by atoms with Crippen molar-refractivity contribution in [2.45, 2.75) is 13.0 Å². The number of aryl methyl sites for hydroxylation is 1. The van der Waals surface area contributed by atoms with Crippen LogP contribution in [0.4, 0.5) is 0 Å². The van der Waals surface area contributed by atoms with Gasteiger partial charge >= 0.3 is 0 Å². The van der Waals surface area contributed by atoms with E-state index >= 15 is 0 Å². The number of carbonyl (C=O) groups excluding carboxylic acids is 1. The molecule has 1 amide bonds. The third-order valence-electron chi connectivity index (χ3n) is 3.19. The van der Waals surface area contributed by atoms with Crippen LogP contribution < -0.4 is 10.9 Å². The zero-order valence-electron chi connectivity index (χ0n) is 11.6. The molecule has 0 aliphatic heterocycles. The molecule has 2 N–H and O–H groups in total. The zero-order chi connectivity index (χ0) is 15.7. The predicted molar refractivity (Wildman–Crippen MR) is 80.1 cm³/mol. The first-order valence-corrected chi connectivity index (χ1v) is 7.41. The Labute approximate surface area is 128 Å². The molecule has 0 bridgehead atoms. The van der Waals surface area contributed by atoms with Crippen molar-refractivity contribution in [3.05, 3.63) is 57.3 Å². The van der Waals surface area contributed by atoms with Crippen LogP contribution in [0.1, 0.15) is 27.9 Å². The Balaban J connectivity index is 1.79. The van der Waals surface area contributed by atoms with Crippen LogP contribution in [0.2, 0.25) is 0 Å². The number of fused-ring (bicyclic) bond motifs is 1. The Hall–Kier alpha value is -2.45. The molecule has 0 saturated heterocycles. The molecule has 114 valence electrons. The highest BCUT2D eigenvalue weighted by molar-refractivity contribution is 7.15. The fourth-order valence-electron chi connectivity index (χ4n) is 2.05. The molecular weight excluding hydrogens is 306 g/mol. The highest BCUT2D eigenvalue weighted by Gasteiger charge is 2.17. The largest absolute Gasteiger partial charge is 0.467 e. The Morgan fingerprint density at radius 1 is 1.59 bits per heavy atom. The van der Waals surface area contributed by atoms with Crippen LogP contribution in [0.15, 0.2) is 39.2 Å². The molecule has 7 nitrogen and oxygen atoms in total. The van der Waals surface area contributed by atoms with Crippen molar-refractivity contribution in [1.29, 1.82) is 0 Å². The number of nitrogens with zero attached hydrogens (tertiary/aromatic N) is 2. The summed E-state index contributed by atoms with van der Waals surface area (Å²) < 4.78 is 6.43. The number of nitrogens with one attached hydrogen (secondary N) is 1. The number of carbonyl (C=O) groups is 1. The van der Waals surface area contributed by atoms with Gasteiger partial charge in [-0.3, -0.25) is 14.0 Å². The van der Waals surface area contributed by atoms with Crippen LogP contribution in [-0.4, -0.2) is 26.9 Å². The molecule has 0 spiro atoms. The van der Waals surface area contributed by atoms with Crippen molar-refractivity contribution in [3.8, 4) is 0 Å². The number of hydrogen-bond acceptors (Lipinski definition) is 6. The monoisotopic (exact) mass is 319 g/mol. The standard InChI is InChI=1S/C14H13N3O4S/c1-8-7-22-14-16-5-9(13(20)17(8)14)12(19)15-6-10(18)11-3-2-4-21-11/h2-5,7,10,18H,6H2,1H3,(H,15,19). The van der Waals surface area contributed by atoms with Crippen molar-refractivity contribution in [2.24, 2.45) is 0 Å². The van der Waals surface area contributed by atoms with Gasteiger partial charge in [-0.1, -0.05) is 0 Å². The third-order valence-corrected chi connectivity index (χ3v) is 4.15. The van der Waals surface area contributed by atoms with Crippen molar-refractivity contribution in [2.75, 3.05) is 6.54 Å². The minimum Gasteiger partial charge on any atom is -0.467 e. The van der Waals surface area contributed by atoms with E-state index in [1.807, 2.05) is 0 Å². The maximum absolute atomic E-state index is 12.3. The number of aliphatic hydroxyl groups excluding tert-OH is 1. The Morgan fingerprint density at radius 2 is 2.41 bits per heavy atom. The lowest BCUT2D eigenvalue weighted by atomic mass is 10.2. The second-order valence-corrected chi connectivity index (χ2v) is 5.55. The Bertz CT molecular complexity index is 866. The summed E-state index contributed by atoms with van der Waals surface area (Å²) in [5.74, 6) is -0.234. The SMILES string of the molecule is Cc1csc2ncc(C(=O)NCC(O)c3ccco3)c(=O)n12. The van der Waals surface area contributed by atoms with E-state index in [4.69, 9.17) is 4.42 Å². The second kappa shape index (κ2) is 5.74. The van der Waals surface area contributed by atoms with Crippen LogP contribution in [-0.2, 0) is 0 Å². The number of rotatable bonds is 4. The van der Waals surface area contributed by atoms with Crippen LogP contribution in [0.5, 0.6) is 0 Å². The smallest absolute Gasteiger partial charge is 0.271 e. The van der Waals surface area contributed by atoms with Gasteiger partial charge in [-0.25, -0.2) is 4.98 Å². The van der Waals surface area contributed by atoms with Gasteiger partial charge in [-0.05, 0) is 19.1 Å². The van der Waals surface area contributed by atoms with E-state index in [1.165, 1.54) is 28.2 Å². The van der Waals surface area contributed by atoms with E-state index in [-0.39, 0.29) is 12.1 Å². The normalized spacial score (nSPS) is 12.5. The summed E-state index contributed by atoms with van der Waals surface area (Å²) in [6.45, 7) is 1.71.